The van der Waals surface area contributed by atoms with Gasteiger partial charge in [0, 0.05) is 13.1 Å². The predicted octanol–water partition coefficient (Wildman–Crippen LogP) is 4.06. The Kier molecular flexibility index (Phi) is 7.01. The SMILES string of the molecule is COc1ccc(CNc2ccc(C(=O)NCCCc3ccccc3)nc2)cc1. The first-order valence-corrected chi connectivity index (χ1v) is 9.39. The monoisotopic (exact) mass is 375 g/mol. The number of ether oxygens (including phenoxy) is 1. The Morgan fingerprint density at radius 1 is 0.964 bits per heavy atom. The molecule has 0 aliphatic carbocycles. The summed E-state index contributed by atoms with van der Waals surface area (Å²) >= 11 is 0. The van der Waals surface area contributed by atoms with Gasteiger partial charge < -0.3 is 15.4 Å². The lowest BCUT2D eigenvalue weighted by Gasteiger charge is -2.08. The number of aryl methyl sites for hydroxylation is 1. The van der Waals surface area contributed by atoms with E-state index in [0.29, 0.717) is 18.8 Å². The fourth-order valence-electron chi connectivity index (χ4n) is 2.81. The highest BCUT2D eigenvalue weighted by atomic mass is 16.5. The lowest BCUT2D eigenvalue weighted by Crippen LogP contribution is -2.25. The van der Waals surface area contributed by atoms with Crippen molar-refractivity contribution in [2.75, 3.05) is 19.0 Å². The standard InChI is InChI=1S/C23H25N3O2/c1-28-21-12-9-19(10-13-21)16-25-20-11-14-22(26-17-20)23(27)24-15-5-8-18-6-3-2-4-7-18/h2-4,6-7,9-14,17,25H,5,8,15-16H2,1H3,(H,24,27). The maximum Gasteiger partial charge on any atom is 0.269 e. The molecule has 1 amide bonds. The number of anilines is 1. The molecule has 0 unspecified atom stereocenters. The van der Waals surface area contributed by atoms with Crippen molar-refractivity contribution >= 4 is 11.6 Å². The Morgan fingerprint density at radius 3 is 2.43 bits per heavy atom. The van der Waals surface area contributed by atoms with Crippen LogP contribution in [0.25, 0.3) is 0 Å². The number of hydrogen-bond donors (Lipinski definition) is 2. The van der Waals surface area contributed by atoms with Crippen molar-refractivity contribution in [3.8, 4) is 5.75 Å². The number of rotatable bonds is 9. The second kappa shape index (κ2) is 10.1. The molecule has 2 N–H and O–H groups in total. The van der Waals surface area contributed by atoms with E-state index in [1.165, 1.54) is 5.56 Å². The summed E-state index contributed by atoms with van der Waals surface area (Å²) in [6.07, 6.45) is 3.53. The summed E-state index contributed by atoms with van der Waals surface area (Å²) in [5.41, 5.74) is 3.72. The molecule has 144 valence electrons. The first kappa shape index (κ1) is 19.4. The molecule has 28 heavy (non-hydrogen) atoms. The molecule has 0 aliphatic rings. The smallest absolute Gasteiger partial charge is 0.269 e. The topological polar surface area (TPSA) is 63.2 Å². The summed E-state index contributed by atoms with van der Waals surface area (Å²) in [4.78, 5) is 16.5. The molecule has 3 aromatic rings. The number of carbonyl (C=O) groups excluding carboxylic acids is 1. The molecule has 3 rings (SSSR count). The maximum atomic E-state index is 12.2. The van der Waals surface area contributed by atoms with Crippen molar-refractivity contribution in [1.29, 1.82) is 0 Å². The molecule has 0 fully saturated rings. The molecule has 1 heterocycles. The van der Waals surface area contributed by atoms with Gasteiger partial charge in [0.2, 0.25) is 0 Å². The van der Waals surface area contributed by atoms with Crippen LogP contribution in [0.15, 0.2) is 72.9 Å². The largest absolute Gasteiger partial charge is 0.497 e. The van der Waals surface area contributed by atoms with E-state index >= 15 is 0 Å². The number of hydrogen-bond acceptors (Lipinski definition) is 4. The minimum absolute atomic E-state index is 0.144. The number of amides is 1. The number of benzene rings is 2. The Labute approximate surface area is 165 Å². The van der Waals surface area contributed by atoms with Crippen LogP contribution >= 0.6 is 0 Å². The molecule has 5 heteroatoms. The van der Waals surface area contributed by atoms with Gasteiger partial charge >= 0.3 is 0 Å². The van der Waals surface area contributed by atoms with Gasteiger partial charge in [0.15, 0.2) is 0 Å². The summed E-state index contributed by atoms with van der Waals surface area (Å²) in [6, 6.07) is 21.8. The molecular weight excluding hydrogens is 350 g/mol. The fraction of sp³-hybridized carbons (Fsp3) is 0.217. The van der Waals surface area contributed by atoms with Crippen LogP contribution in [0.1, 0.15) is 28.0 Å². The van der Waals surface area contributed by atoms with Crippen LogP contribution in [0, 0.1) is 0 Å². The van der Waals surface area contributed by atoms with Gasteiger partial charge in [-0.25, -0.2) is 4.98 Å². The molecule has 1 aromatic heterocycles. The minimum atomic E-state index is -0.144. The van der Waals surface area contributed by atoms with Crippen molar-refractivity contribution in [3.05, 3.63) is 89.7 Å². The van der Waals surface area contributed by atoms with Crippen molar-refractivity contribution in [2.45, 2.75) is 19.4 Å². The number of pyridine rings is 1. The van der Waals surface area contributed by atoms with Crippen LogP contribution in [0.2, 0.25) is 0 Å². The average molecular weight is 375 g/mol. The van der Waals surface area contributed by atoms with E-state index in [9.17, 15) is 4.79 Å². The van der Waals surface area contributed by atoms with Gasteiger partial charge in [0.05, 0.1) is 19.0 Å². The number of methoxy groups -OCH3 is 1. The molecule has 0 bridgehead atoms. The second-order valence-electron chi connectivity index (χ2n) is 6.48. The lowest BCUT2D eigenvalue weighted by molar-refractivity contribution is 0.0948. The summed E-state index contributed by atoms with van der Waals surface area (Å²) in [7, 11) is 1.65. The van der Waals surface area contributed by atoms with Gasteiger partial charge in [0.1, 0.15) is 11.4 Å². The van der Waals surface area contributed by atoms with Crippen molar-refractivity contribution < 1.29 is 9.53 Å². The third-order valence-electron chi connectivity index (χ3n) is 4.42. The van der Waals surface area contributed by atoms with Crippen LogP contribution in [-0.2, 0) is 13.0 Å². The first-order valence-electron chi connectivity index (χ1n) is 9.39. The molecule has 0 aliphatic heterocycles. The first-order chi connectivity index (χ1) is 13.7. The fourth-order valence-corrected chi connectivity index (χ4v) is 2.81. The van der Waals surface area contributed by atoms with Gasteiger partial charge in [-0.2, -0.15) is 0 Å². The molecule has 0 saturated carbocycles. The molecule has 2 aromatic carbocycles. The summed E-state index contributed by atoms with van der Waals surface area (Å²) in [6.45, 7) is 1.31. The van der Waals surface area contributed by atoms with Crippen LogP contribution in [0.3, 0.4) is 0 Å². The van der Waals surface area contributed by atoms with Crippen molar-refractivity contribution in [2.24, 2.45) is 0 Å². The van der Waals surface area contributed by atoms with E-state index in [-0.39, 0.29) is 5.91 Å². The number of nitrogens with one attached hydrogen (secondary N) is 2. The maximum absolute atomic E-state index is 12.2. The summed E-state index contributed by atoms with van der Waals surface area (Å²) in [5, 5.41) is 6.22. The zero-order valence-electron chi connectivity index (χ0n) is 16.0. The Hall–Kier alpha value is -3.34. The third-order valence-corrected chi connectivity index (χ3v) is 4.42. The van der Waals surface area contributed by atoms with Gasteiger partial charge in [-0.1, -0.05) is 42.5 Å². The Bertz CT molecular complexity index is 863. The lowest BCUT2D eigenvalue weighted by atomic mass is 10.1. The Balaban J connectivity index is 1.41. The number of aromatic nitrogens is 1. The molecule has 0 atom stereocenters. The predicted molar refractivity (Wildman–Crippen MR) is 112 cm³/mol. The van der Waals surface area contributed by atoms with Gasteiger partial charge in [0.25, 0.3) is 5.91 Å². The number of nitrogens with zero attached hydrogens (tertiary/aromatic N) is 1. The van der Waals surface area contributed by atoms with Crippen molar-refractivity contribution in [1.82, 2.24) is 10.3 Å². The van der Waals surface area contributed by atoms with E-state index in [2.05, 4.69) is 27.8 Å². The van der Waals surface area contributed by atoms with E-state index in [1.54, 1.807) is 19.4 Å². The van der Waals surface area contributed by atoms with Crippen LogP contribution < -0.4 is 15.4 Å². The van der Waals surface area contributed by atoms with Gasteiger partial charge in [-0.3, -0.25) is 4.79 Å². The molecule has 0 radical (unpaired) electrons. The Morgan fingerprint density at radius 2 is 1.75 bits per heavy atom. The average Bonchev–Trinajstić information content (AvgIpc) is 2.76. The zero-order valence-corrected chi connectivity index (χ0v) is 16.0. The van der Waals surface area contributed by atoms with Crippen molar-refractivity contribution in [3.63, 3.8) is 0 Å². The van der Waals surface area contributed by atoms with Crippen LogP contribution in [0.4, 0.5) is 5.69 Å². The minimum Gasteiger partial charge on any atom is -0.497 e. The van der Waals surface area contributed by atoms with E-state index < -0.39 is 0 Å². The van der Waals surface area contributed by atoms with Crippen LogP contribution in [-0.4, -0.2) is 24.5 Å². The van der Waals surface area contributed by atoms with Gasteiger partial charge in [-0.15, -0.1) is 0 Å². The van der Waals surface area contributed by atoms with Crippen LogP contribution in [0.5, 0.6) is 5.75 Å². The third kappa shape index (κ3) is 5.84. The number of carbonyl (C=O) groups is 1. The molecule has 0 saturated heterocycles. The molecule has 0 spiro atoms. The molecule has 5 nitrogen and oxygen atoms in total. The van der Waals surface area contributed by atoms with Gasteiger partial charge in [-0.05, 0) is 48.2 Å². The van der Waals surface area contributed by atoms with E-state index in [1.807, 2.05) is 48.5 Å². The normalized spacial score (nSPS) is 10.3. The highest BCUT2D eigenvalue weighted by molar-refractivity contribution is 5.92. The van der Waals surface area contributed by atoms with E-state index in [4.69, 9.17) is 4.74 Å². The summed E-state index contributed by atoms with van der Waals surface area (Å²) in [5.74, 6) is 0.694. The quantitative estimate of drug-likeness (QED) is 0.554. The highest BCUT2D eigenvalue weighted by Gasteiger charge is 2.06. The second-order valence-corrected chi connectivity index (χ2v) is 6.48. The highest BCUT2D eigenvalue weighted by Crippen LogP contribution is 2.13. The van der Waals surface area contributed by atoms with E-state index in [0.717, 1.165) is 29.8 Å². The zero-order chi connectivity index (χ0) is 19.6. The summed E-state index contributed by atoms with van der Waals surface area (Å²) < 4.78 is 5.16. The molecular formula is C23H25N3O2.